The molecule has 2 N–H and O–H groups in total. The Kier molecular flexibility index (Phi) is 3.27. The van der Waals surface area contributed by atoms with Crippen LogP contribution in [-0.4, -0.2) is 4.98 Å². The molecule has 0 aliphatic rings. The maximum absolute atomic E-state index is 14.1. The Morgan fingerprint density at radius 3 is 2.50 bits per heavy atom. The molecule has 0 amide bonds. The minimum Gasteiger partial charge on any atom is -0.398 e. The second kappa shape index (κ2) is 4.46. The highest BCUT2D eigenvalue weighted by Gasteiger charge is 2.20. The van der Waals surface area contributed by atoms with Gasteiger partial charge in [-0.15, -0.1) is 0 Å². The molecule has 0 spiro atoms. The molecule has 0 fully saturated rings. The van der Waals surface area contributed by atoms with Crippen molar-refractivity contribution in [3.05, 3.63) is 33.4 Å². The van der Waals surface area contributed by atoms with Crippen molar-refractivity contribution in [2.45, 2.75) is 26.7 Å². The first-order valence-corrected chi connectivity index (χ1v) is 6.37. The Labute approximate surface area is 112 Å². The number of rotatable bonds is 1. The van der Waals surface area contributed by atoms with E-state index in [9.17, 15) is 8.78 Å². The van der Waals surface area contributed by atoms with Crippen LogP contribution in [-0.2, 0) is 0 Å². The lowest BCUT2D eigenvalue weighted by molar-refractivity contribution is 0.609. The Morgan fingerprint density at radius 1 is 1.33 bits per heavy atom. The average molecular weight is 315 g/mol. The SMILES string of the molecule is Cc1nc2c(F)cc(Br)c(F)c2c(N)c1C(C)C. The maximum Gasteiger partial charge on any atom is 0.150 e. The van der Waals surface area contributed by atoms with Crippen molar-refractivity contribution in [3.63, 3.8) is 0 Å². The molecule has 0 unspecified atom stereocenters. The number of aryl methyl sites for hydroxylation is 1. The van der Waals surface area contributed by atoms with E-state index >= 15 is 0 Å². The van der Waals surface area contributed by atoms with Crippen LogP contribution in [0.4, 0.5) is 14.5 Å². The van der Waals surface area contributed by atoms with E-state index in [4.69, 9.17) is 5.73 Å². The van der Waals surface area contributed by atoms with Crippen LogP contribution in [0.25, 0.3) is 10.9 Å². The smallest absolute Gasteiger partial charge is 0.150 e. The zero-order valence-corrected chi connectivity index (χ0v) is 11.9. The summed E-state index contributed by atoms with van der Waals surface area (Å²) in [5.41, 5.74) is 7.64. The first-order valence-electron chi connectivity index (χ1n) is 5.57. The van der Waals surface area contributed by atoms with Crippen molar-refractivity contribution < 1.29 is 8.78 Å². The van der Waals surface area contributed by atoms with E-state index in [2.05, 4.69) is 20.9 Å². The van der Waals surface area contributed by atoms with Gasteiger partial charge in [-0.05, 0) is 40.4 Å². The number of pyridine rings is 1. The summed E-state index contributed by atoms with van der Waals surface area (Å²) in [4.78, 5) is 4.14. The molecular formula is C13H13BrF2N2. The fourth-order valence-corrected chi connectivity index (χ4v) is 2.63. The lowest BCUT2D eigenvalue weighted by Gasteiger charge is -2.16. The van der Waals surface area contributed by atoms with Crippen LogP contribution >= 0.6 is 15.9 Å². The third kappa shape index (κ3) is 1.86. The molecule has 0 saturated heterocycles. The molecule has 1 aromatic heterocycles. The van der Waals surface area contributed by atoms with Crippen molar-refractivity contribution in [2.24, 2.45) is 0 Å². The van der Waals surface area contributed by atoms with Crippen LogP contribution in [0.5, 0.6) is 0 Å². The first kappa shape index (κ1) is 13.2. The highest BCUT2D eigenvalue weighted by molar-refractivity contribution is 9.10. The van der Waals surface area contributed by atoms with Gasteiger partial charge in [-0.3, -0.25) is 0 Å². The third-order valence-electron chi connectivity index (χ3n) is 2.95. The van der Waals surface area contributed by atoms with E-state index < -0.39 is 11.6 Å². The molecule has 0 saturated carbocycles. The molecule has 1 heterocycles. The lowest BCUT2D eigenvalue weighted by atomic mass is 9.97. The number of benzene rings is 1. The number of nitrogens with zero attached hydrogens (tertiary/aromatic N) is 1. The van der Waals surface area contributed by atoms with Gasteiger partial charge in [0.15, 0.2) is 5.82 Å². The zero-order chi connectivity index (χ0) is 13.6. The Bertz CT molecular complexity index is 639. The van der Waals surface area contributed by atoms with Gasteiger partial charge in [0.25, 0.3) is 0 Å². The van der Waals surface area contributed by atoms with Crippen molar-refractivity contribution in [1.29, 1.82) is 0 Å². The van der Waals surface area contributed by atoms with E-state index in [1.54, 1.807) is 6.92 Å². The number of anilines is 1. The summed E-state index contributed by atoms with van der Waals surface area (Å²) in [7, 11) is 0. The van der Waals surface area contributed by atoms with Gasteiger partial charge in [-0.1, -0.05) is 13.8 Å². The van der Waals surface area contributed by atoms with Crippen molar-refractivity contribution >= 4 is 32.5 Å². The average Bonchev–Trinajstić information content (AvgIpc) is 2.25. The van der Waals surface area contributed by atoms with Crippen molar-refractivity contribution in [2.75, 3.05) is 5.73 Å². The van der Waals surface area contributed by atoms with Crippen molar-refractivity contribution in [1.82, 2.24) is 4.98 Å². The number of hydrogen-bond donors (Lipinski definition) is 1. The van der Waals surface area contributed by atoms with Crippen LogP contribution in [0.1, 0.15) is 31.0 Å². The highest BCUT2D eigenvalue weighted by atomic mass is 79.9. The molecule has 0 atom stereocenters. The molecule has 0 aliphatic carbocycles. The Morgan fingerprint density at radius 2 is 1.94 bits per heavy atom. The monoisotopic (exact) mass is 314 g/mol. The summed E-state index contributed by atoms with van der Waals surface area (Å²) in [6.07, 6.45) is 0. The van der Waals surface area contributed by atoms with Crippen LogP contribution in [0.3, 0.4) is 0 Å². The molecular weight excluding hydrogens is 302 g/mol. The molecule has 0 radical (unpaired) electrons. The van der Waals surface area contributed by atoms with Gasteiger partial charge in [-0.25, -0.2) is 13.8 Å². The molecule has 5 heteroatoms. The molecule has 1 aromatic carbocycles. The third-order valence-corrected chi connectivity index (χ3v) is 3.53. The van der Waals surface area contributed by atoms with Gasteiger partial charge in [0.2, 0.25) is 0 Å². The van der Waals surface area contributed by atoms with E-state index in [-0.39, 0.29) is 27.0 Å². The molecule has 0 aliphatic heterocycles. The summed E-state index contributed by atoms with van der Waals surface area (Å²) in [5, 5.41) is 0.0520. The van der Waals surface area contributed by atoms with Gasteiger partial charge in [-0.2, -0.15) is 0 Å². The van der Waals surface area contributed by atoms with Crippen molar-refractivity contribution in [3.8, 4) is 0 Å². The first-order chi connectivity index (χ1) is 8.34. The number of fused-ring (bicyclic) bond motifs is 1. The highest BCUT2D eigenvalue weighted by Crippen LogP contribution is 2.36. The van der Waals surface area contributed by atoms with Gasteiger partial charge in [0.05, 0.1) is 9.86 Å². The molecule has 2 aromatic rings. The molecule has 2 nitrogen and oxygen atoms in total. The minimum absolute atomic E-state index is 0.0184. The van der Waals surface area contributed by atoms with Gasteiger partial charge < -0.3 is 5.73 Å². The molecule has 96 valence electrons. The predicted molar refractivity (Wildman–Crippen MR) is 72.6 cm³/mol. The minimum atomic E-state index is -0.580. The normalized spacial score (nSPS) is 11.5. The molecule has 18 heavy (non-hydrogen) atoms. The van der Waals surface area contributed by atoms with Crippen LogP contribution in [0.15, 0.2) is 10.5 Å². The molecule has 0 bridgehead atoms. The van der Waals surface area contributed by atoms with Crippen LogP contribution in [0, 0.1) is 18.6 Å². The summed E-state index contributed by atoms with van der Waals surface area (Å²) in [6.45, 7) is 5.64. The van der Waals surface area contributed by atoms with E-state index in [1.165, 1.54) is 0 Å². The van der Waals surface area contributed by atoms with Crippen LogP contribution < -0.4 is 5.73 Å². The summed E-state index contributed by atoms with van der Waals surface area (Å²) in [5.74, 6) is -1.05. The summed E-state index contributed by atoms with van der Waals surface area (Å²) in [6, 6.07) is 1.07. The van der Waals surface area contributed by atoms with Crippen LogP contribution in [0.2, 0.25) is 0 Å². The predicted octanol–water partition coefficient (Wildman–Crippen LogP) is 4.29. The Balaban J connectivity index is 3.01. The zero-order valence-electron chi connectivity index (χ0n) is 10.3. The topological polar surface area (TPSA) is 38.9 Å². The van der Waals surface area contributed by atoms with Gasteiger partial charge >= 0.3 is 0 Å². The standard InChI is InChI=1S/C13H13BrF2N2/c1-5(2)9-6(3)18-13-8(15)4-7(14)11(16)10(13)12(9)17/h4-5H,1-3H3,(H2,17,18). The largest absolute Gasteiger partial charge is 0.398 e. The summed E-state index contributed by atoms with van der Waals surface area (Å²) >= 11 is 2.98. The lowest BCUT2D eigenvalue weighted by Crippen LogP contribution is -2.05. The Hall–Kier alpha value is -1.23. The second-order valence-electron chi connectivity index (χ2n) is 4.56. The quantitative estimate of drug-likeness (QED) is 0.797. The van der Waals surface area contributed by atoms with E-state index in [0.29, 0.717) is 5.69 Å². The number of nitrogen functional groups attached to an aromatic ring is 1. The fourth-order valence-electron chi connectivity index (χ4n) is 2.23. The van der Waals surface area contributed by atoms with Gasteiger partial charge in [0, 0.05) is 11.4 Å². The van der Waals surface area contributed by atoms with Gasteiger partial charge in [0.1, 0.15) is 11.3 Å². The number of halogens is 3. The second-order valence-corrected chi connectivity index (χ2v) is 5.41. The van der Waals surface area contributed by atoms with E-state index in [1.807, 2.05) is 13.8 Å². The van der Waals surface area contributed by atoms with E-state index in [0.717, 1.165) is 11.6 Å². The summed E-state index contributed by atoms with van der Waals surface area (Å²) < 4.78 is 27.9. The molecule has 2 rings (SSSR count). The number of nitrogens with two attached hydrogens (primary N) is 1. The number of hydrogen-bond acceptors (Lipinski definition) is 2. The number of aromatic nitrogens is 1. The fraction of sp³-hybridized carbons (Fsp3) is 0.308. The maximum atomic E-state index is 14.1.